The van der Waals surface area contributed by atoms with Crippen molar-refractivity contribution in [1.82, 2.24) is 15.2 Å². The zero-order chi connectivity index (χ0) is 37.5. The summed E-state index contributed by atoms with van der Waals surface area (Å²) >= 11 is 0. The number of hydrogen-bond donors (Lipinski definition) is 2. The molecular weight excluding hydrogens is 701 g/mol. The fourth-order valence-corrected chi connectivity index (χ4v) is 8.83. The number of nitrogens with zero attached hydrogens (tertiary/aromatic N) is 2. The molecule has 0 fully saturated rings. The van der Waals surface area contributed by atoms with Gasteiger partial charge >= 0.3 is 0 Å². The molecule has 4 heterocycles. The molecule has 0 amide bonds. The van der Waals surface area contributed by atoms with Crippen molar-refractivity contribution in [2.75, 3.05) is 0 Å². The Bertz CT molecular complexity index is 3320. The molecule has 1 aliphatic heterocycles. The smallest absolute Gasteiger partial charge is 0.143 e. The van der Waals surface area contributed by atoms with Gasteiger partial charge in [-0.05, 0) is 41.5 Å². The van der Waals surface area contributed by atoms with Gasteiger partial charge in [0.15, 0.2) is 0 Å². The predicted octanol–water partition coefficient (Wildman–Crippen LogP) is 12.6. The highest BCUT2D eigenvalue weighted by atomic mass is 16.3. The van der Waals surface area contributed by atoms with Crippen molar-refractivity contribution < 1.29 is 8.83 Å². The minimum atomic E-state index is -0.291. The van der Waals surface area contributed by atoms with E-state index in [1.165, 1.54) is 21.8 Å². The molecule has 270 valence electrons. The molecule has 8 aromatic carbocycles. The summed E-state index contributed by atoms with van der Waals surface area (Å²) in [5.74, 6) is 0.848. The molecule has 0 saturated heterocycles. The number of aliphatic imine (C=N–C) groups is 1. The average molecular weight is 735 g/mol. The number of benzene rings is 8. The summed E-state index contributed by atoms with van der Waals surface area (Å²) < 4.78 is 16.0. The fourth-order valence-electron chi connectivity index (χ4n) is 8.83. The summed E-state index contributed by atoms with van der Waals surface area (Å²) in [4.78, 5) is 5.17. The third-order valence-corrected chi connectivity index (χ3v) is 11.5. The molecule has 12 rings (SSSR count). The van der Waals surface area contributed by atoms with E-state index in [1.54, 1.807) is 0 Å². The molecule has 0 saturated carbocycles. The van der Waals surface area contributed by atoms with Crippen LogP contribution in [0.25, 0.3) is 82.5 Å². The van der Waals surface area contributed by atoms with Crippen molar-refractivity contribution in [3.05, 3.63) is 199 Å². The maximum Gasteiger partial charge on any atom is 0.143 e. The van der Waals surface area contributed by atoms with Crippen LogP contribution in [-0.2, 0) is 0 Å². The van der Waals surface area contributed by atoms with Gasteiger partial charge in [-0.15, -0.1) is 0 Å². The van der Waals surface area contributed by atoms with Crippen LogP contribution in [0, 0.1) is 0 Å². The lowest BCUT2D eigenvalue weighted by Gasteiger charge is -2.32. The van der Waals surface area contributed by atoms with Gasteiger partial charge in [0.1, 0.15) is 40.5 Å². The summed E-state index contributed by atoms with van der Waals surface area (Å²) in [6.07, 6.45) is -0.412. The SMILES string of the molecule is c1ccc(C2=NC(c3ccc4c(c3)oc3c(-c5cccc6c5oc5cc(-n7c8ccccc8c8ccccc87)ccc56)cccc34)NC(c3ccccc3)N2)cc1. The molecule has 1 aliphatic rings. The highest BCUT2D eigenvalue weighted by Crippen LogP contribution is 2.42. The molecule has 0 radical (unpaired) electrons. The Labute approximate surface area is 327 Å². The molecule has 6 heteroatoms. The van der Waals surface area contributed by atoms with E-state index in [1.807, 2.05) is 24.3 Å². The lowest BCUT2D eigenvalue weighted by molar-refractivity contribution is 0.409. The first-order valence-corrected chi connectivity index (χ1v) is 19.4. The largest absolute Gasteiger partial charge is 0.455 e. The van der Waals surface area contributed by atoms with E-state index < -0.39 is 0 Å². The first kappa shape index (κ1) is 31.9. The van der Waals surface area contributed by atoms with Crippen molar-refractivity contribution in [2.24, 2.45) is 4.99 Å². The van der Waals surface area contributed by atoms with Crippen LogP contribution < -0.4 is 10.6 Å². The molecule has 11 aromatic rings. The number of fused-ring (bicyclic) bond motifs is 9. The van der Waals surface area contributed by atoms with E-state index in [9.17, 15) is 0 Å². The van der Waals surface area contributed by atoms with Gasteiger partial charge in [-0.3, -0.25) is 5.32 Å². The maximum atomic E-state index is 6.83. The van der Waals surface area contributed by atoms with E-state index in [-0.39, 0.29) is 12.3 Å². The number of aromatic nitrogens is 1. The molecule has 6 nitrogen and oxygen atoms in total. The van der Waals surface area contributed by atoms with Crippen molar-refractivity contribution >= 4 is 71.5 Å². The number of hydrogen-bond acceptors (Lipinski definition) is 5. The Kier molecular flexibility index (Phi) is 7.03. The van der Waals surface area contributed by atoms with Gasteiger partial charge in [0.2, 0.25) is 0 Å². The van der Waals surface area contributed by atoms with E-state index >= 15 is 0 Å². The molecule has 57 heavy (non-hydrogen) atoms. The Morgan fingerprint density at radius 2 is 1.02 bits per heavy atom. The Morgan fingerprint density at radius 1 is 0.456 bits per heavy atom. The van der Waals surface area contributed by atoms with Crippen LogP contribution in [0.1, 0.15) is 29.0 Å². The lowest BCUT2D eigenvalue weighted by Crippen LogP contribution is -2.44. The molecule has 2 atom stereocenters. The van der Waals surface area contributed by atoms with E-state index in [0.29, 0.717) is 0 Å². The fraction of sp³-hybridized carbons (Fsp3) is 0.0392. The Morgan fingerprint density at radius 3 is 1.68 bits per heavy atom. The van der Waals surface area contributed by atoms with Gasteiger partial charge in [-0.1, -0.05) is 146 Å². The standard InChI is InChI=1S/C51H34N4O2/c1-3-13-31(14-4-1)49-52-50(32-15-5-2-6-16-32)54-51(53-49)33-25-27-37-39-19-11-21-41(47(39)56-45(37)29-33)42-22-12-20-40-38-28-26-34(30-46(38)57-48(40)42)55-43-23-9-7-17-35(43)36-18-8-10-24-44(36)55/h1-30,49,51,53H,(H,52,54). The van der Waals surface area contributed by atoms with Gasteiger partial charge in [0.25, 0.3) is 0 Å². The second kappa shape index (κ2) is 12.6. The number of amidine groups is 1. The molecule has 0 spiro atoms. The quantitative estimate of drug-likeness (QED) is 0.185. The van der Waals surface area contributed by atoms with Crippen LogP contribution in [0.3, 0.4) is 0 Å². The van der Waals surface area contributed by atoms with Crippen LogP contribution in [0.2, 0.25) is 0 Å². The van der Waals surface area contributed by atoms with E-state index in [2.05, 4.69) is 173 Å². The number of rotatable bonds is 5. The first-order valence-electron chi connectivity index (χ1n) is 19.4. The Balaban J connectivity index is 0.967. The first-order chi connectivity index (χ1) is 28.2. The second-order valence-corrected chi connectivity index (χ2v) is 14.8. The molecule has 2 unspecified atom stereocenters. The van der Waals surface area contributed by atoms with Gasteiger partial charge in [-0.25, -0.2) is 4.99 Å². The monoisotopic (exact) mass is 734 g/mol. The topological polar surface area (TPSA) is 67.6 Å². The summed E-state index contributed by atoms with van der Waals surface area (Å²) in [7, 11) is 0. The predicted molar refractivity (Wildman–Crippen MR) is 232 cm³/mol. The molecular formula is C51H34N4O2. The minimum Gasteiger partial charge on any atom is -0.455 e. The zero-order valence-corrected chi connectivity index (χ0v) is 30.7. The lowest BCUT2D eigenvalue weighted by atomic mass is 9.99. The van der Waals surface area contributed by atoms with E-state index in [0.717, 1.165) is 83.2 Å². The van der Waals surface area contributed by atoms with E-state index in [4.69, 9.17) is 13.8 Å². The third-order valence-electron chi connectivity index (χ3n) is 11.5. The summed E-state index contributed by atoms with van der Waals surface area (Å²) in [6.45, 7) is 0. The second-order valence-electron chi connectivity index (χ2n) is 14.8. The number of para-hydroxylation sites is 4. The van der Waals surface area contributed by atoms with Crippen molar-refractivity contribution in [3.8, 4) is 16.8 Å². The van der Waals surface area contributed by atoms with Crippen LogP contribution in [0.4, 0.5) is 0 Å². The van der Waals surface area contributed by atoms with Gasteiger partial charge in [-0.2, -0.15) is 0 Å². The van der Waals surface area contributed by atoms with Gasteiger partial charge < -0.3 is 18.7 Å². The summed E-state index contributed by atoms with van der Waals surface area (Å²) in [6, 6.07) is 63.7. The van der Waals surface area contributed by atoms with Crippen molar-refractivity contribution in [1.29, 1.82) is 0 Å². The highest BCUT2D eigenvalue weighted by Gasteiger charge is 2.26. The van der Waals surface area contributed by atoms with Crippen LogP contribution in [0.15, 0.2) is 196 Å². The highest BCUT2D eigenvalue weighted by molar-refractivity contribution is 6.15. The minimum absolute atomic E-state index is 0.121. The zero-order valence-electron chi connectivity index (χ0n) is 30.7. The summed E-state index contributed by atoms with van der Waals surface area (Å²) in [5, 5.41) is 14.1. The molecule has 0 aliphatic carbocycles. The maximum absolute atomic E-state index is 6.83. The van der Waals surface area contributed by atoms with Crippen LogP contribution in [0.5, 0.6) is 0 Å². The molecule has 3 aromatic heterocycles. The number of furan rings is 2. The van der Waals surface area contributed by atoms with Crippen molar-refractivity contribution in [2.45, 2.75) is 12.3 Å². The normalized spacial score (nSPS) is 15.9. The number of nitrogens with one attached hydrogen (secondary N) is 2. The van der Waals surface area contributed by atoms with Gasteiger partial charge in [0.05, 0.1) is 11.0 Å². The van der Waals surface area contributed by atoms with Crippen LogP contribution >= 0.6 is 0 Å². The van der Waals surface area contributed by atoms with Crippen molar-refractivity contribution in [3.63, 3.8) is 0 Å². The third kappa shape index (κ3) is 5.04. The Hall–Kier alpha value is -7.41. The van der Waals surface area contributed by atoms with Crippen LogP contribution in [-0.4, -0.2) is 10.4 Å². The van der Waals surface area contributed by atoms with Gasteiger partial charge in [0, 0.05) is 60.8 Å². The molecule has 2 N–H and O–H groups in total. The molecule has 0 bridgehead atoms. The average Bonchev–Trinajstić information content (AvgIpc) is 3.96. The summed E-state index contributed by atoms with van der Waals surface area (Å²) in [5.41, 5.74) is 11.9.